The third kappa shape index (κ3) is 9.82. The van der Waals surface area contributed by atoms with Crippen LogP contribution in [0.3, 0.4) is 0 Å². The molecular weight excluding hydrogens is 254 g/mol. The van der Waals surface area contributed by atoms with Crippen LogP contribution in [0.25, 0.3) is 0 Å². The second-order valence-corrected chi connectivity index (χ2v) is 5.18. The molecule has 0 radical (unpaired) electrons. The van der Waals surface area contributed by atoms with E-state index in [-0.39, 0.29) is 17.8 Å². The van der Waals surface area contributed by atoms with E-state index in [1.54, 1.807) is 0 Å². The largest absolute Gasteiger partial charge is 0.466 e. The smallest absolute Gasteiger partial charge is 0.305 e. The van der Waals surface area contributed by atoms with Gasteiger partial charge in [0, 0.05) is 18.9 Å². The minimum Gasteiger partial charge on any atom is -0.466 e. The fourth-order valence-electron chi connectivity index (χ4n) is 2.26. The highest BCUT2D eigenvalue weighted by Gasteiger charge is 2.15. The van der Waals surface area contributed by atoms with Crippen LogP contribution in [0, 0.1) is 5.92 Å². The molecule has 0 unspecified atom stereocenters. The molecule has 0 aromatic heterocycles. The molecule has 1 N–H and O–H groups in total. The lowest BCUT2D eigenvalue weighted by Crippen LogP contribution is -2.31. The lowest BCUT2D eigenvalue weighted by Gasteiger charge is -2.15. The van der Waals surface area contributed by atoms with Gasteiger partial charge in [0.2, 0.25) is 5.91 Å². The Bertz CT molecular complexity index is 260. The van der Waals surface area contributed by atoms with Crippen LogP contribution < -0.4 is 5.32 Å². The van der Waals surface area contributed by atoms with Gasteiger partial charge >= 0.3 is 5.97 Å². The van der Waals surface area contributed by atoms with Gasteiger partial charge in [0.15, 0.2) is 0 Å². The summed E-state index contributed by atoms with van der Waals surface area (Å²) in [5, 5.41) is 3.01. The summed E-state index contributed by atoms with van der Waals surface area (Å²) < 4.78 is 4.86. The van der Waals surface area contributed by atoms with Gasteiger partial charge in [-0.25, -0.2) is 0 Å². The quantitative estimate of drug-likeness (QED) is 0.441. The molecule has 118 valence electrons. The zero-order chi connectivity index (χ0) is 15.2. The first-order valence-electron chi connectivity index (χ1n) is 8.08. The minimum absolute atomic E-state index is 0.123. The molecule has 0 aliphatic heterocycles. The number of carbonyl (C=O) groups is 2. The van der Waals surface area contributed by atoms with Crippen molar-refractivity contribution in [1.29, 1.82) is 0 Å². The number of nitrogens with one attached hydrogen (secondary N) is 1. The van der Waals surface area contributed by atoms with Gasteiger partial charge in [0.05, 0.1) is 6.61 Å². The molecule has 0 rings (SSSR count). The normalized spacial score (nSPS) is 10.6. The maximum atomic E-state index is 12.0. The molecular formula is C16H31NO3. The first-order valence-corrected chi connectivity index (χ1v) is 8.08. The van der Waals surface area contributed by atoms with E-state index in [0.717, 1.165) is 44.9 Å². The van der Waals surface area contributed by atoms with E-state index in [0.29, 0.717) is 19.6 Å². The first-order chi connectivity index (χ1) is 9.65. The van der Waals surface area contributed by atoms with E-state index >= 15 is 0 Å². The van der Waals surface area contributed by atoms with E-state index < -0.39 is 0 Å². The monoisotopic (exact) mass is 285 g/mol. The second-order valence-electron chi connectivity index (χ2n) is 5.18. The average Bonchev–Trinajstić information content (AvgIpc) is 2.42. The fraction of sp³-hybridized carbons (Fsp3) is 0.875. The van der Waals surface area contributed by atoms with Crippen LogP contribution in [0.15, 0.2) is 0 Å². The Kier molecular flexibility index (Phi) is 12.3. The van der Waals surface area contributed by atoms with Gasteiger partial charge in [0.1, 0.15) is 0 Å². The minimum atomic E-state index is -0.123. The fourth-order valence-corrected chi connectivity index (χ4v) is 2.26. The standard InChI is InChI=1S/C16H31NO3/c1-4-10-14(11-5-2)16(19)17-13-9-7-8-12-15(18)20-6-3/h14H,4-13H2,1-3H3,(H,17,19). The number of amides is 1. The predicted octanol–water partition coefficient (Wildman–Crippen LogP) is 3.44. The highest BCUT2D eigenvalue weighted by molar-refractivity contribution is 5.78. The Labute approximate surface area is 123 Å². The number of hydrogen-bond acceptors (Lipinski definition) is 3. The summed E-state index contributed by atoms with van der Waals surface area (Å²) in [6, 6.07) is 0. The molecule has 0 bridgehead atoms. The van der Waals surface area contributed by atoms with Gasteiger partial charge in [-0.05, 0) is 32.6 Å². The lowest BCUT2D eigenvalue weighted by molar-refractivity contribution is -0.143. The molecule has 0 aromatic rings. The van der Waals surface area contributed by atoms with Gasteiger partial charge in [-0.3, -0.25) is 9.59 Å². The van der Waals surface area contributed by atoms with Crippen molar-refractivity contribution >= 4 is 11.9 Å². The molecule has 1 amide bonds. The Morgan fingerprint density at radius 1 is 1.00 bits per heavy atom. The van der Waals surface area contributed by atoms with Crippen LogP contribution in [-0.2, 0) is 14.3 Å². The molecule has 0 atom stereocenters. The summed E-state index contributed by atoms with van der Waals surface area (Å²) in [6.07, 6.45) is 7.25. The van der Waals surface area contributed by atoms with E-state index in [1.807, 2.05) is 6.92 Å². The maximum Gasteiger partial charge on any atom is 0.305 e. The van der Waals surface area contributed by atoms with E-state index in [4.69, 9.17) is 4.74 Å². The second kappa shape index (κ2) is 12.9. The molecule has 0 aromatic carbocycles. The third-order valence-corrected chi connectivity index (χ3v) is 3.31. The average molecular weight is 285 g/mol. The van der Waals surface area contributed by atoms with Crippen molar-refractivity contribution in [2.75, 3.05) is 13.2 Å². The van der Waals surface area contributed by atoms with E-state index in [9.17, 15) is 9.59 Å². The van der Waals surface area contributed by atoms with E-state index in [1.165, 1.54) is 0 Å². The Hall–Kier alpha value is -1.06. The Morgan fingerprint density at radius 2 is 1.65 bits per heavy atom. The van der Waals surface area contributed by atoms with Crippen molar-refractivity contribution in [2.24, 2.45) is 5.92 Å². The van der Waals surface area contributed by atoms with Crippen LogP contribution in [0.2, 0.25) is 0 Å². The number of rotatable bonds is 12. The van der Waals surface area contributed by atoms with Crippen LogP contribution in [0.5, 0.6) is 0 Å². The van der Waals surface area contributed by atoms with Crippen molar-refractivity contribution in [3.8, 4) is 0 Å². The summed E-state index contributed by atoms with van der Waals surface area (Å²) in [5.74, 6) is 0.242. The van der Waals surface area contributed by atoms with Crippen LogP contribution >= 0.6 is 0 Å². The predicted molar refractivity (Wildman–Crippen MR) is 81.4 cm³/mol. The highest BCUT2D eigenvalue weighted by Crippen LogP contribution is 2.13. The third-order valence-electron chi connectivity index (χ3n) is 3.31. The zero-order valence-electron chi connectivity index (χ0n) is 13.4. The molecule has 0 spiro atoms. The van der Waals surface area contributed by atoms with Gasteiger partial charge in [0.25, 0.3) is 0 Å². The topological polar surface area (TPSA) is 55.4 Å². The Morgan fingerprint density at radius 3 is 2.20 bits per heavy atom. The summed E-state index contributed by atoms with van der Waals surface area (Å²) in [7, 11) is 0. The summed E-state index contributed by atoms with van der Waals surface area (Å²) in [5.41, 5.74) is 0. The number of unbranched alkanes of at least 4 members (excludes halogenated alkanes) is 2. The molecule has 0 saturated carbocycles. The molecule has 4 heteroatoms. The van der Waals surface area contributed by atoms with Crippen molar-refractivity contribution < 1.29 is 14.3 Å². The number of hydrogen-bond donors (Lipinski definition) is 1. The molecule has 0 aliphatic rings. The van der Waals surface area contributed by atoms with Crippen LogP contribution in [0.4, 0.5) is 0 Å². The van der Waals surface area contributed by atoms with Gasteiger partial charge in [-0.15, -0.1) is 0 Å². The summed E-state index contributed by atoms with van der Waals surface area (Å²) in [4.78, 5) is 23.1. The number of carbonyl (C=O) groups excluding carboxylic acids is 2. The molecule has 0 heterocycles. The highest BCUT2D eigenvalue weighted by atomic mass is 16.5. The van der Waals surface area contributed by atoms with Crippen molar-refractivity contribution in [3.63, 3.8) is 0 Å². The van der Waals surface area contributed by atoms with E-state index in [2.05, 4.69) is 19.2 Å². The SMILES string of the molecule is CCCC(CCC)C(=O)NCCCCCC(=O)OCC. The van der Waals surface area contributed by atoms with Gasteiger partial charge in [-0.2, -0.15) is 0 Å². The van der Waals surface area contributed by atoms with Crippen molar-refractivity contribution in [2.45, 2.75) is 72.1 Å². The molecule has 0 fully saturated rings. The van der Waals surface area contributed by atoms with Gasteiger partial charge in [-0.1, -0.05) is 33.1 Å². The summed E-state index contributed by atoms with van der Waals surface area (Å²) >= 11 is 0. The molecule has 4 nitrogen and oxygen atoms in total. The molecule has 20 heavy (non-hydrogen) atoms. The zero-order valence-corrected chi connectivity index (χ0v) is 13.4. The van der Waals surface area contributed by atoms with Crippen molar-refractivity contribution in [3.05, 3.63) is 0 Å². The van der Waals surface area contributed by atoms with Crippen LogP contribution in [-0.4, -0.2) is 25.0 Å². The number of esters is 1. The van der Waals surface area contributed by atoms with Crippen molar-refractivity contribution in [1.82, 2.24) is 5.32 Å². The first kappa shape index (κ1) is 18.9. The molecule has 0 aliphatic carbocycles. The van der Waals surface area contributed by atoms with Gasteiger partial charge < -0.3 is 10.1 Å². The van der Waals surface area contributed by atoms with Crippen LogP contribution in [0.1, 0.15) is 72.1 Å². The summed E-state index contributed by atoms with van der Waals surface area (Å²) in [6.45, 7) is 7.21. The lowest BCUT2D eigenvalue weighted by atomic mass is 9.97. The molecule has 0 saturated heterocycles. The maximum absolute atomic E-state index is 12.0. The Balaban J connectivity index is 3.62. The number of ether oxygens (including phenoxy) is 1.